The third-order valence-corrected chi connectivity index (χ3v) is 9.79. The molecule has 3 aromatic carbocycles. The third kappa shape index (κ3) is 6.93. The van der Waals surface area contributed by atoms with Gasteiger partial charge in [-0.3, -0.25) is 19.0 Å². The van der Waals surface area contributed by atoms with Gasteiger partial charge in [0.05, 0.1) is 22.3 Å². The second-order valence-electron chi connectivity index (χ2n) is 12.5. The highest BCUT2D eigenvalue weighted by molar-refractivity contribution is 7.92. The van der Waals surface area contributed by atoms with E-state index in [0.29, 0.717) is 27.5 Å². The van der Waals surface area contributed by atoms with Gasteiger partial charge in [-0.2, -0.15) is 0 Å². The smallest absolute Gasteiger partial charge is 0.410 e. The van der Waals surface area contributed by atoms with Crippen LogP contribution in [0, 0.1) is 13.8 Å². The zero-order valence-electron chi connectivity index (χ0n) is 27.2. The van der Waals surface area contributed by atoms with Crippen LogP contribution in [0.3, 0.4) is 0 Å². The van der Waals surface area contributed by atoms with Gasteiger partial charge in [0, 0.05) is 37.3 Å². The first-order valence-electron chi connectivity index (χ1n) is 15.1. The first kappa shape index (κ1) is 33.8. The number of benzene rings is 3. The van der Waals surface area contributed by atoms with Crippen molar-refractivity contribution in [3.05, 3.63) is 111 Å². The van der Waals surface area contributed by atoms with Gasteiger partial charge in [0.25, 0.3) is 21.5 Å². The maximum absolute atomic E-state index is 14.2. The Kier molecular flexibility index (Phi) is 9.29. The van der Waals surface area contributed by atoms with E-state index in [-0.39, 0.29) is 35.8 Å². The molecule has 0 aliphatic carbocycles. The van der Waals surface area contributed by atoms with Crippen LogP contribution >= 0.6 is 11.6 Å². The second kappa shape index (κ2) is 12.9. The first-order chi connectivity index (χ1) is 22.1. The Labute approximate surface area is 279 Å². The van der Waals surface area contributed by atoms with E-state index >= 15 is 0 Å². The number of hydrogen-bond acceptors (Lipinski definition) is 6. The minimum Gasteiger partial charge on any atom is -0.444 e. The van der Waals surface area contributed by atoms with Crippen LogP contribution in [-0.2, 0) is 21.8 Å². The molecule has 1 N–H and O–H groups in total. The van der Waals surface area contributed by atoms with Crippen molar-refractivity contribution < 1.29 is 22.7 Å². The van der Waals surface area contributed by atoms with E-state index in [4.69, 9.17) is 16.3 Å². The summed E-state index contributed by atoms with van der Waals surface area (Å²) in [6, 6.07) is 19.6. The molecule has 1 aromatic heterocycles. The molecule has 1 saturated heterocycles. The molecule has 1 aliphatic heterocycles. The number of anilines is 1. The van der Waals surface area contributed by atoms with Gasteiger partial charge in [-0.25, -0.2) is 17.9 Å². The maximum Gasteiger partial charge on any atom is 0.410 e. The van der Waals surface area contributed by atoms with Gasteiger partial charge >= 0.3 is 6.09 Å². The number of carbonyl (C=O) groups excluding carboxylic acids is 2. The Morgan fingerprint density at radius 2 is 1.62 bits per heavy atom. The van der Waals surface area contributed by atoms with E-state index in [9.17, 15) is 22.8 Å². The molecule has 0 saturated carbocycles. The topological polar surface area (TPSA) is 123 Å². The van der Waals surface area contributed by atoms with Crippen molar-refractivity contribution in [3.8, 4) is 5.69 Å². The summed E-state index contributed by atoms with van der Waals surface area (Å²) in [5, 5.41) is 0.429. The number of piperazine rings is 1. The molecule has 1 atom stereocenters. The lowest BCUT2D eigenvalue weighted by molar-refractivity contribution is 0.00406. The van der Waals surface area contributed by atoms with Gasteiger partial charge in [0.2, 0.25) is 0 Å². The molecule has 0 radical (unpaired) electrons. The van der Waals surface area contributed by atoms with Crippen LogP contribution in [0.15, 0.2) is 82.5 Å². The molecule has 1 aliphatic rings. The van der Waals surface area contributed by atoms with E-state index in [1.54, 1.807) is 111 Å². The number of aromatic nitrogens is 2. The summed E-state index contributed by atoms with van der Waals surface area (Å²) in [6.07, 6.45) is -0.500. The SMILES string of the molecule is Cc1ccc(S(=O)(=O)Nc2c(C)n(C)n(-c3ccccc3)c2=O)cc1C(=O)N1CCN(C(=O)OC(C)(C)C)CC1c1ccccc1Cl. The van der Waals surface area contributed by atoms with E-state index in [0.717, 1.165) is 0 Å². The van der Waals surface area contributed by atoms with E-state index in [1.807, 2.05) is 6.07 Å². The molecular weight excluding hydrogens is 642 g/mol. The summed E-state index contributed by atoms with van der Waals surface area (Å²) in [5.74, 6) is -0.421. The zero-order chi connectivity index (χ0) is 34.3. The lowest BCUT2D eigenvalue weighted by atomic mass is 9.99. The van der Waals surface area contributed by atoms with Crippen LogP contribution in [0.25, 0.3) is 5.69 Å². The predicted molar refractivity (Wildman–Crippen MR) is 181 cm³/mol. The number of nitrogens with one attached hydrogen (secondary N) is 1. The number of halogens is 1. The number of ether oxygens (including phenoxy) is 1. The summed E-state index contributed by atoms with van der Waals surface area (Å²) in [7, 11) is -2.63. The highest BCUT2D eigenvalue weighted by Crippen LogP contribution is 2.33. The van der Waals surface area contributed by atoms with Gasteiger partial charge < -0.3 is 14.5 Å². The molecule has 0 spiro atoms. The van der Waals surface area contributed by atoms with Crippen LogP contribution < -0.4 is 10.3 Å². The number of carbonyl (C=O) groups is 2. The van der Waals surface area contributed by atoms with Crippen molar-refractivity contribution in [2.75, 3.05) is 24.4 Å². The number of hydrogen-bond donors (Lipinski definition) is 1. The fourth-order valence-electron chi connectivity index (χ4n) is 5.56. The van der Waals surface area contributed by atoms with Crippen molar-refractivity contribution in [1.82, 2.24) is 19.2 Å². The van der Waals surface area contributed by atoms with Gasteiger partial charge in [0.15, 0.2) is 0 Å². The van der Waals surface area contributed by atoms with Crippen LogP contribution in [0.2, 0.25) is 5.02 Å². The predicted octanol–water partition coefficient (Wildman–Crippen LogP) is 5.68. The summed E-state index contributed by atoms with van der Waals surface area (Å²) in [6.45, 7) is 9.22. The van der Waals surface area contributed by atoms with E-state index in [2.05, 4.69) is 4.72 Å². The highest BCUT2D eigenvalue weighted by atomic mass is 35.5. The van der Waals surface area contributed by atoms with Crippen LogP contribution in [0.4, 0.5) is 10.5 Å². The van der Waals surface area contributed by atoms with E-state index < -0.39 is 39.2 Å². The second-order valence-corrected chi connectivity index (χ2v) is 14.6. The van der Waals surface area contributed by atoms with Crippen molar-refractivity contribution in [2.24, 2.45) is 7.05 Å². The van der Waals surface area contributed by atoms with Gasteiger partial charge in [-0.1, -0.05) is 54.1 Å². The average molecular weight is 680 g/mol. The number of sulfonamides is 1. The third-order valence-electron chi connectivity index (χ3n) is 8.10. The summed E-state index contributed by atoms with van der Waals surface area (Å²) < 4.78 is 38.5. The molecule has 2 heterocycles. The van der Waals surface area contributed by atoms with Crippen LogP contribution in [-0.4, -0.2) is 64.8 Å². The number of nitrogens with zero attached hydrogens (tertiary/aromatic N) is 4. The maximum atomic E-state index is 14.2. The van der Waals surface area contributed by atoms with Gasteiger partial charge in [0.1, 0.15) is 11.3 Å². The molecule has 248 valence electrons. The molecule has 1 unspecified atom stereocenters. The molecule has 2 amide bonds. The Balaban J connectivity index is 1.48. The fraction of sp³-hybridized carbons (Fsp3) is 0.324. The van der Waals surface area contributed by atoms with Crippen molar-refractivity contribution in [3.63, 3.8) is 0 Å². The lowest BCUT2D eigenvalue weighted by Crippen LogP contribution is -2.53. The molecular formula is C34H38ClN5O6S. The normalized spacial score (nSPS) is 15.4. The minimum absolute atomic E-state index is 0.0955. The monoisotopic (exact) mass is 679 g/mol. The van der Waals surface area contributed by atoms with Crippen LogP contribution in [0.1, 0.15) is 54.0 Å². The quantitative estimate of drug-likeness (QED) is 0.280. The molecule has 11 nitrogen and oxygen atoms in total. The van der Waals surface area contributed by atoms with Crippen molar-refractivity contribution in [1.29, 1.82) is 0 Å². The molecule has 13 heteroatoms. The zero-order valence-corrected chi connectivity index (χ0v) is 28.7. The summed E-state index contributed by atoms with van der Waals surface area (Å²) >= 11 is 6.59. The summed E-state index contributed by atoms with van der Waals surface area (Å²) in [4.78, 5) is 43.6. The number of aryl methyl sites for hydroxylation is 1. The first-order valence-corrected chi connectivity index (χ1v) is 17.0. The Morgan fingerprint density at radius 1 is 0.957 bits per heavy atom. The Bertz CT molecular complexity index is 2000. The Hall–Kier alpha value is -4.55. The fourth-order valence-corrected chi connectivity index (χ4v) is 6.97. The summed E-state index contributed by atoms with van der Waals surface area (Å²) in [5.41, 5.74) is 1.04. The number of para-hydroxylation sites is 1. The molecule has 4 aromatic rings. The molecule has 1 fully saturated rings. The lowest BCUT2D eigenvalue weighted by Gasteiger charge is -2.42. The number of amides is 2. The average Bonchev–Trinajstić information content (AvgIpc) is 3.22. The molecule has 0 bridgehead atoms. The van der Waals surface area contributed by atoms with Crippen molar-refractivity contribution >= 4 is 39.3 Å². The highest BCUT2D eigenvalue weighted by Gasteiger charge is 2.37. The van der Waals surface area contributed by atoms with Gasteiger partial charge in [-0.15, -0.1) is 0 Å². The Morgan fingerprint density at radius 3 is 2.28 bits per heavy atom. The number of rotatable bonds is 6. The van der Waals surface area contributed by atoms with Crippen molar-refractivity contribution in [2.45, 2.75) is 51.2 Å². The van der Waals surface area contributed by atoms with E-state index in [1.165, 1.54) is 16.8 Å². The standard InChI is InChI=1S/C34H38ClN5O6S/c1-22-16-17-25(47(44,45)36-30-23(2)37(6)40(32(30)42)24-12-8-7-9-13-24)20-27(22)31(41)39-19-18-38(33(43)46-34(3,4)5)21-29(39)26-14-10-11-15-28(26)35/h7-17,20,29,36H,18-19,21H2,1-6H3. The molecule has 5 rings (SSSR count). The van der Waals surface area contributed by atoms with Crippen LogP contribution in [0.5, 0.6) is 0 Å². The van der Waals surface area contributed by atoms with Gasteiger partial charge in [-0.05, 0) is 76.1 Å². The minimum atomic E-state index is -4.30. The molecule has 47 heavy (non-hydrogen) atoms. The largest absolute Gasteiger partial charge is 0.444 e.